The fourth-order valence-corrected chi connectivity index (χ4v) is 2.36. The third-order valence-electron chi connectivity index (χ3n) is 3.14. The molecule has 90 valence electrons. The fraction of sp³-hybridized carbons (Fsp3) is 0.133. The van der Waals surface area contributed by atoms with E-state index < -0.39 is 0 Å². The minimum Gasteiger partial charge on any atom is -0.359 e. The van der Waals surface area contributed by atoms with E-state index >= 15 is 0 Å². The number of benzene rings is 2. The Morgan fingerprint density at radius 1 is 0.944 bits per heavy atom. The molecular formula is C15H14N2S. The van der Waals surface area contributed by atoms with Crippen molar-refractivity contribution in [1.29, 1.82) is 0 Å². The molecule has 0 unspecified atom stereocenters. The molecule has 3 heteroatoms. The molecule has 0 aromatic heterocycles. The van der Waals surface area contributed by atoms with Gasteiger partial charge in [0, 0.05) is 13.1 Å². The largest absolute Gasteiger partial charge is 0.359 e. The molecule has 1 heterocycles. The van der Waals surface area contributed by atoms with Crippen LogP contribution in [0, 0.1) is 0 Å². The van der Waals surface area contributed by atoms with Gasteiger partial charge in [-0.05, 0) is 34.1 Å². The van der Waals surface area contributed by atoms with Crippen LogP contribution < -0.4 is 10.6 Å². The van der Waals surface area contributed by atoms with Crippen LogP contribution in [0.4, 0.5) is 0 Å². The highest BCUT2D eigenvalue weighted by molar-refractivity contribution is 7.80. The molecule has 1 aliphatic heterocycles. The summed E-state index contributed by atoms with van der Waals surface area (Å²) in [5.74, 6) is 0. The molecule has 0 saturated carbocycles. The Balaban J connectivity index is 2.00. The quantitative estimate of drug-likeness (QED) is 0.765. The lowest BCUT2D eigenvalue weighted by Crippen LogP contribution is -2.43. The van der Waals surface area contributed by atoms with Gasteiger partial charge in [0.1, 0.15) is 0 Å². The van der Waals surface area contributed by atoms with Crippen LogP contribution >= 0.6 is 12.2 Å². The lowest BCUT2D eigenvalue weighted by atomic mass is 10.0. The van der Waals surface area contributed by atoms with Gasteiger partial charge in [-0.25, -0.2) is 0 Å². The van der Waals surface area contributed by atoms with E-state index in [1.807, 2.05) is 0 Å². The standard InChI is InChI=1S/C15H14N2S/c18-15-16-9-11(10-17-15)8-13-6-3-5-12-4-1-2-7-14(12)13/h1-8H,9-10H2,(H2,16,17,18). The molecule has 1 fully saturated rings. The molecule has 0 bridgehead atoms. The number of hydrogen-bond acceptors (Lipinski definition) is 1. The van der Waals surface area contributed by atoms with E-state index in [9.17, 15) is 0 Å². The van der Waals surface area contributed by atoms with Crippen LogP contribution in [0.1, 0.15) is 5.56 Å². The molecule has 0 amide bonds. The van der Waals surface area contributed by atoms with Crippen LogP contribution in [0.25, 0.3) is 16.8 Å². The summed E-state index contributed by atoms with van der Waals surface area (Å²) >= 11 is 5.05. The summed E-state index contributed by atoms with van der Waals surface area (Å²) in [4.78, 5) is 0. The summed E-state index contributed by atoms with van der Waals surface area (Å²) in [6.07, 6.45) is 2.24. The van der Waals surface area contributed by atoms with Gasteiger partial charge in [0.05, 0.1) is 0 Å². The minimum atomic E-state index is 0.741. The molecule has 0 spiro atoms. The number of thiocarbonyl (C=S) groups is 1. The summed E-state index contributed by atoms with van der Waals surface area (Å²) in [5, 5.41) is 9.61. The van der Waals surface area contributed by atoms with Crippen LogP contribution in [-0.2, 0) is 0 Å². The third-order valence-corrected chi connectivity index (χ3v) is 3.42. The fourth-order valence-electron chi connectivity index (χ4n) is 2.21. The average molecular weight is 254 g/mol. The Kier molecular flexibility index (Phi) is 2.99. The van der Waals surface area contributed by atoms with Crippen molar-refractivity contribution in [1.82, 2.24) is 10.6 Å². The Morgan fingerprint density at radius 2 is 1.67 bits per heavy atom. The van der Waals surface area contributed by atoms with E-state index in [4.69, 9.17) is 12.2 Å². The smallest absolute Gasteiger partial charge is 0.166 e. The van der Waals surface area contributed by atoms with E-state index in [2.05, 4.69) is 59.2 Å². The molecule has 0 aliphatic carbocycles. The number of rotatable bonds is 1. The lowest BCUT2D eigenvalue weighted by Gasteiger charge is -2.19. The second kappa shape index (κ2) is 4.78. The van der Waals surface area contributed by atoms with E-state index in [-0.39, 0.29) is 0 Å². The van der Waals surface area contributed by atoms with Gasteiger partial charge in [0.25, 0.3) is 0 Å². The molecule has 1 saturated heterocycles. The summed E-state index contributed by atoms with van der Waals surface area (Å²) in [6, 6.07) is 14.9. The highest BCUT2D eigenvalue weighted by Gasteiger charge is 2.07. The monoisotopic (exact) mass is 254 g/mol. The van der Waals surface area contributed by atoms with Crippen molar-refractivity contribution >= 4 is 34.2 Å². The zero-order valence-electron chi connectivity index (χ0n) is 9.94. The summed E-state index contributed by atoms with van der Waals surface area (Å²) in [5.41, 5.74) is 2.58. The van der Waals surface area contributed by atoms with E-state index in [0.717, 1.165) is 18.2 Å². The molecule has 18 heavy (non-hydrogen) atoms. The second-order valence-electron chi connectivity index (χ2n) is 4.41. The zero-order valence-corrected chi connectivity index (χ0v) is 10.8. The van der Waals surface area contributed by atoms with E-state index in [1.165, 1.54) is 21.9 Å². The van der Waals surface area contributed by atoms with Crippen molar-refractivity contribution in [2.75, 3.05) is 13.1 Å². The minimum absolute atomic E-state index is 0.741. The molecule has 1 aliphatic rings. The van der Waals surface area contributed by atoms with Crippen molar-refractivity contribution < 1.29 is 0 Å². The Bertz CT molecular complexity index is 614. The normalized spacial score (nSPS) is 15.1. The zero-order chi connectivity index (χ0) is 12.4. The van der Waals surface area contributed by atoms with Gasteiger partial charge in [0.2, 0.25) is 0 Å². The first-order valence-electron chi connectivity index (χ1n) is 6.02. The van der Waals surface area contributed by atoms with Gasteiger partial charge < -0.3 is 10.6 Å². The highest BCUT2D eigenvalue weighted by Crippen LogP contribution is 2.20. The van der Waals surface area contributed by atoms with Crippen molar-refractivity contribution in [3.05, 3.63) is 53.6 Å². The first kappa shape index (κ1) is 11.2. The van der Waals surface area contributed by atoms with Crippen molar-refractivity contribution in [3.8, 4) is 0 Å². The maximum Gasteiger partial charge on any atom is 0.166 e. The average Bonchev–Trinajstić information content (AvgIpc) is 2.42. The lowest BCUT2D eigenvalue weighted by molar-refractivity contribution is 0.817. The summed E-state index contributed by atoms with van der Waals surface area (Å²) in [6.45, 7) is 1.66. The van der Waals surface area contributed by atoms with Gasteiger partial charge in [-0.1, -0.05) is 48.5 Å². The van der Waals surface area contributed by atoms with Crippen LogP contribution in [0.15, 0.2) is 48.0 Å². The predicted molar refractivity (Wildman–Crippen MR) is 80.5 cm³/mol. The van der Waals surface area contributed by atoms with Gasteiger partial charge >= 0.3 is 0 Å². The molecule has 2 N–H and O–H groups in total. The molecular weight excluding hydrogens is 240 g/mol. The third kappa shape index (κ3) is 2.22. The van der Waals surface area contributed by atoms with Gasteiger partial charge in [-0.2, -0.15) is 0 Å². The van der Waals surface area contributed by atoms with Crippen molar-refractivity contribution in [2.24, 2.45) is 0 Å². The molecule has 2 aromatic rings. The van der Waals surface area contributed by atoms with Gasteiger partial charge in [-0.15, -0.1) is 0 Å². The molecule has 2 aromatic carbocycles. The van der Waals surface area contributed by atoms with E-state index in [0.29, 0.717) is 0 Å². The number of nitrogens with one attached hydrogen (secondary N) is 2. The molecule has 2 nitrogen and oxygen atoms in total. The molecule has 0 atom stereocenters. The van der Waals surface area contributed by atoms with Crippen molar-refractivity contribution in [2.45, 2.75) is 0 Å². The van der Waals surface area contributed by atoms with Crippen LogP contribution in [-0.4, -0.2) is 18.2 Å². The summed E-state index contributed by atoms with van der Waals surface area (Å²) in [7, 11) is 0. The van der Waals surface area contributed by atoms with Gasteiger partial charge in [-0.3, -0.25) is 0 Å². The second-order valence-corrected chi connectivity index (χ2v) is 4.82. The Morgan fingerprint density at radius 3 is 2.50 bits per heavy atom. The number of hydrogen-bond donors (Lipinski definition) is 2. The topological polar surface area (TPSA) is 24.1 Å². The highest BCUT2D eigenvalue weighted by atomic mass is 32.1. The number of fused-ring (bicyclic) bond motifs is 1. The van der Waals surface area contributed by atoms with Crippen molar-refractivity contribution in [3.63, 3.8) is 0 Å². The van der Waals surface area contributed by atoms with E-state index in [1.54, 1.807) is 0 Å². The maximum absolute atomic E-state index is 5.05. The SMILES string of the molecule is S=C1NCC(=Cc2cccc3ccccc23)CN1. The Labute approximate surface area is 112 Å². The maximum atomic E-state index is 5.05. The van der Waals surface area contributed by atoms with Gasteiger partial charge in [0.15, 0.2) is 5.11 Å². The summed E-state index contributed by atoms with van der Waals surface area (Å²) < 4.78 is 0. The van der Waals surface area contributed by atoms with Crippen LogP contribution in [0.3, 0.4) is 0 Å². The predicted octanol–water partition coefficient (Wildman–Crippen LogP) is 2.70. The molecule has 0 radical (unpaired) electrons. The van der Waals surface area contributed by atoms with Crippen LogP contribution in [0.2, 0.25) is 0 Å². The van der Waals surface area contributed by atoms with Crippen LogP contribution in [0.5, 0.6) is 0 Å². The first-order chi connectivity index (χ1) is 8.83. The molecule has 3 rings (SSSR count). The first-order valence-corrected chi connectivity index (χ1v) is 6.43. The Hall–Kier alpha value is -1.87.